The maximum absolute atomic E-state index is 11.9. The van der Waals surface area contributed by atoms with Crippen LogP contribution in [-0.4, -0.2) is 25.7 Å². The molecule has 1 aliphatic heterocycles. The molecule has 3 heteroatoms. The van der Waals surface area contributed by atoms with Crippen LogP contribution in [0, 0.1) is 11.8 Å². The molecular weight excluding hydrogens is 202 g/mol. The molecule has 0 aromatic heterocycles. The van der Waals surface area contributed by atoms with E-state index in [9.17, 15) is 4.79 Å². The minimum atomic E-state index is 0.297. The van der Waals surface area contributed by atoms with E-state index >= 15 is 0 Å². The summed E-state index contributed by atoms with van der Waals surface area (Å²) in [4.78, 5) is 11.9. The van der Waals surface area contributed by atoms with E-state index in [2.05, 4.69) is 5.32 Å². The van der Waals surface area contributed by atoms with Crippen molar-refractivity contribution in [2.45, 2.75) is 44.9 Å². The van der Waals surface area contributed by atoms with Crippen LogP contribution in [0.1, 0.15) is 44.9 Å². The third-order valence-electron chi connectivity index (χ3n) is 3.88. The van der Waals surface area contributed by atoms with Gasteiger partial charge in [0.25, 0.3) is 0 Å². The van der Waals surface area contributed by atoms with Gasteiger partial charge >= 0.3 is 0 Å². The number of hydrogen-bond donors (Lipinski definition) is 1. The Balaban J connectivity index is 1.65. The van der Waals surface area contributed by atoms with Crippen molar-refractivity contribution in [1.82, 2.24) is 5.32 Å². The van der Waals surface area contributed by atoms with Crippen LogP contribution >= 0.6 is 0 Å². The minimum absolute atomic E-state index is 0.297. The van der Waals surface area contributed by atoms with Crippen molar-refractivity contribution in [3.05, 3.63) is 0 Å². The Labute approximate surface area is 97.9 Å². The third-order valence-corrected chi connectivity index (χ3v) is 3.88. The van der Waals surface area contributed by atoms with Gasteiger partial charge in [0, 0.05) is 25.7 Å². The third kappa shape index (κ3) is 3.48. The Bertz CT molecular complexity index is 218. The zero-order valence-electron chi connectivity index (χ0n) is 10.0. The van der Waals surface area contributed by atoms with E-state index in [4.69, 9.17) is 4.74 Å². The second-order valence-electron chi connectivity index (χ2n) is 5.14. The molecule has 1 saturated heterocycles. The Morgan fingerprint density at radius 2 is 1.75 bits per heavy atom. The molecule has 1 amide bonds. The first-order valence-corrected chi connectivity index (χ1v) is 6.71. The van der Waals surface area contributed by atoms with Crippen molar-refractivity contribution in [1.29, 1.82) is 0 Å². The summed E-state index contributed by atoms with van der Waals surface area (Å²) >= 11 is 0. The molecule has 2 aliphatic rings. The first-order valence-electron chi connectivity index (χ1n) is 6.71. The standard InChI is InChI=1S/C13H23NO2/c15-13(12-4-2-1-3-5-12)14-10-11-6-8-16-9-7-11/h11-12H,1-10H2,(H,14,15). The van der Waals surface area contributed by atoms with E-state index in [1.807, 2.05) is 0 Å². The lowest BCUT2D eigenvalue weighted by Crippen LogP contribution is -2.36. The fourth-order valence-electron chi connectivity index (χ4n) is 2.70. The molecule has 0 aromatic rings. The highest BCUT2D eigenvalue weighted by atomic mass is 16.5. The molecule has 0 spiro atoms. The fourth-order valence-corrected chi connectivity index (χ4v) is 2.70. The first kappa shape index (κ1) is 11.9. The number of carbonyl (C=O) groups excluding carboxylic acids is 1. The summed E-state index contributed by atoms with van der Waals surface area (Å²) in [6.07, 6.45) is 8.17. The number of nitrogens with one attached hydrogen (secondary N) is 1. The van der Waals surface area contributed by atoms with Crippen LogP contribution in [0.4, 0.5) is 0 Å². The molecule has 16 heavy (non-hydrogen) atoms. The largest absolute Gasteiger partial charge is 0.381 e. The van der Waals surface area contributed by atoms with Gasteiger partial charge in [0.2, 0.25) is 5.91 Å². The van der Waals surface area contributed by atoms with Crippen LogP contribution in [0.3, 0.4) is 0 Å². The highest BCUT2D eigenvalue weighted by Gasteiger charge is 2.22. The number of hydrogen-bond acceptors (Lipinski definition) is 2. The molecule has 1 N–H and O–H groups in total. The maximum Gasteiger partial charge on any atom is 0.223 e. The van der Waals surface area contributed by atoms with Crippen molar-refractivity contribution in [3.63, 3.8) is 0 Å². The number of carbonyl (C=O) groups is 1. The van der Waals surface area contributed by atoms with Crippen molar-refractivity contribution < 1.29 is 9.53 Å². The zero-order valence-corrected chi connectivity index (χ0v) is 10.0. The highest BCUT2D eigenvalue weighted by molar-refractivity contribution is 5.78. The molecule has 92 valence electrons. The second-order valence-corrected chi connectivity index (χ2v) is 5.14. The van der Waals surface area contributed by atoms with E-state index in [1.54, 1.807) is 0 Å². The molecule has 0 bridgehead atoms. The first-order chi connectivity index (χ1) is 7.86. The molecule has 2 fully saturated rings. The predicted octanol–water partition coefficient (Wildman–Crippen LogP) is 2.11. The molecule has 0 aromatic carbocycles. The Kier molecular flexibility index (Phi) is 4.64. The van der Waals surface area contributed by atoms with Gasteiger partial charge in [0.15, 0.2) is 0 Å². The summed E-state index contributed by atoms with van der Waals surface area (Å²) in [7, 11) is 0. The van der Waals surface area contributed by atoms with Crippen LogP contribution in [0.2, 0.25) is 0 Å². The van der Waals surface area contributed by atoms with Gasteiger partial charge in [-0.25, -0.2) is 0 Å². The van der Waals surface area contributed by atoms with Crippen LogP contribution in [0.25, 0.3) is 0 Å². The monoisotopic (exact) mass is 225 g/mol. The van der Waals surface area contributed by atoms with Crippen LogP contribution < -0.4 is 5.32 Å². The van der Waals surface area contributed by atoms with E-state index in [-0.39, 0.29) is 0 Å². The van der Waals surface area contributed by atoms with E-state index in [1.165, 1.54) is 19.3 Å². The lowest BCUT2D eigenvalue weighted by molar-refractivity contribution is -0.126. The number of amides is 1. The minimum Gasteiger partial charge on any atom is -0.381 e. The van der Waals surface area contributed by atoms with Crippen molar-refractivity contribution in [3.8, 4) is 0 Å². The Morgan fingerprint density at radius 1 is 1.06 bits per heavy atom. The second kappa shape index (κ2) is 6.24. The smallest absolute Gasteiger partial charge is 0.223 e. The zero-order chi connectivity index (χ0) is 11.2. The lowest BCUT2D eigenvalue weighted by Gasteiger charge is -2.25. The SMILES string of the molecule is O=C(NCC1CCOCC1)C1CCCCC1. The molecule has 1 aliphatic carbocycles. The molecule has 2 rings (SSSR count). The van der Waals surface area contributed by atoms with Gasteiger partial charge in [0.05, 0.1) is 0 Å². The Hall–Kier alpha value is -0.570. The molecule has 1 heterocycles. The number of ether oxygens (including phenoxy) is 1. The molecule has 1 saturated carbocycles. The van der Waals surface area contributed by atoms with Crippen molar-refractivity contribution in [2.24, 2.45) is 11.8 Å². The average Bonchev–Trinajstić information content (AvgIpc) is 2.38. The molecule has 0 atom stereocenters. The summed E-state index contributed by atoms with van der Waals surface area (Å²) in [5.41, 5.74) is 0. The summed E-state index contributed by atoms with van der Waals surface area (Å²) in [5.74, 6) is 1.24. The van der Waals surface area contributed by atoms with Crippen LogP contribution in [0.5, 0.6) is 0 Å². The van der Waals surface area contributed by atoms with Crippen LogP contribution in [0.15, 0.2) is 0 Å². The van der Waals surface area contributed by atoms with E-state index in [0.717, 1.165) is 45.4 Å². The van der Waals surface area contributed by atoms with Gasteiger partial charge in [-0.2, -0.15) is 0 Å². The fraction of sp³-hybridized carbons (Fsp3) is 0.923. The quantitative estimate of drug-likeness (QED) is 0.799. The van der Waals surface area contributed by atoms with E-state index < -0.39 is 0 Å². The van der Waals surface area contributed by atoms with Gasteiger partial charge in [-0.3, -0.25) is 4.79 Å². The summed E-state index contributed by atoms with van der Waals surface area (Å²) in [6.45, 7) is 2.59. The van der Waals surface area contributed by atoms with Gasteiger partial charge in [-0.05, 0) is 31.6 Å². The van der Waals surface area contributed by atoms with Crippen LogP contribution in [-0.2, 0) is 9.53 Å². The maximum atomic E-state index is 11.9. The molecular formula is C13H23NO2. The predicted molar refractivity (Wildman–Crippen MR) is 63.1 cm³/mol. The van der Waals surface area contributed by atoms with Gasteiger partial charge in [-0.1, -0.05) is 19.3 Å². The summed E-state index contributed by atoms with van der Waals surface area (Å²) in [6, 6.07) is 0. The lowest BCUT2D eigenvalue weighted by atomic mass is 9.88. The average molecular weight is 225 g/mol. The molecule has 0 unspecified atom stereocenters. The normalized spacial score (nSPS) is 24.2. The van der Waals surface area contributed by atoms with E-state index in [0.29, 0.717) is 17.7 Å². The van der Waals surface area contributed by atoms with Gasteiger partial charge in [0.1, 0.15) is 0 Å². The topological polar surface area (TPSA) is 38.3 Å². The molecule has 0 radical (unpaired) electrons. The van der Waals surface area contributed by atoms with Gasteiger partial charge < -0.3 is 10.1 Å². The Morgan fingerprint density at radius 3 is 2.44 bits per heavy atom. The molecule has 3 nitrogen and oxygen atoms in total. The summed E-state index contributed by atoms with van der Waals surface area (Å²) < 4.78 is 5.31. The number of rotatable bonds is 3. The van der Waals surface area contributed by atoms with Crippen molar-refractivity contribution in [2.75, 3.05) is 19.8 Å². The summed E-state index contributed by atoms with van der Waals surface area (Å²) in [5, 5.41) is 3.13. The van der Waals surface area contributed by atoms with Gasteiger partial charge in [-0.15, -0.1) is 0 Å². The van der Waals surface area contributed by atoms with Crippen molar-refractivity contribution >= 4 is 5.91 Å². The highest BCUT2D eigenvalue weighted by Crippen LogP contribution is 2.23.